The molecule has 0 unspecified atom stereocenters. The first-order chi connectivity index (χ1) is 9.33. The largest absolute Gasteiger partial charge is 0.454 e. The van der Waals surface area contributed by atoms with Crippen molar-refractivity contribution in [3.05, 3.63) is 46.2 Å². The van der Waals surface area contributed by atoms with Gasteiger partial charge in [0.05, 0.1) is 6.21 Å². The number of oxime groups is 1. The Bertz CT molecular complexity index is 622. The molecule has 0 atom stereocenters. The molecule has 0 N–H and O–H groups in total. The van der Waals surface area contributed by atoms with Gasteiger partial charge in [-0.1, -0.05) is 11.2 Å². The Morgan fingerprint density at radius 3 is 3.05 bits per heavy atom. The number of rotatable bonds is 3. The molecule has 3 rings (SSSR count). The minimum Gasteiger partial charge on any atom is -0.454 e. The summed E-state index contributed by atoms with van der Waals surface area (Å²) < 4.78 is 10.4. The van der Waals surface area contributed by atoms with Gasteiger partial charge in [-0.05, 0) is 29.6 Å². The average molecular weight is 275 g/mol. The van der Waals surface area contributed by atoms with Crippen LogP contribution in [0.3, 0.4) is 0 Å². The number of ether oxygens (including phenoxy) is 2. The van der Waals surface area contributed by atoms with Crippen molar-refractivity contribution in [1.82, 2.24) is 0 Å². The first-order valence-corrected chi connectivity index (χ1v) is 6.39. The molecule has 2 heterocycles. The van der Waals surface area contributed by atoms with Crippen molar-refractivity contribution < 1.29 is 19.1 Å². The molecular formula is C13H9NO4S. The Balaban J connectivity index is 1.65. The summed E-state index contributed by atoms with van der Waals surface area (Å²) in [6, 6.07) is 8.82. The van der Waals surface area contributed by atoms with E-state index in [4.69, 9.17) is 14.3 Å². The first kappa shape index (κ1) is 11.7. The summed E-state index contributed by atoms with van der Waals surface area (Å²) in [5.74, 6) is 0.897. The molecular weight excluding hydrogens is 266 g/mol. The van der Waals surface area contributed by atoms with E-state index in [0.29, 0.717) is 16.4 Å². The summed E-state index contributed by atoms with van der Waals surface area (Å²) in [6.45, 7) is 0.225. The van der Waals surface area contributed by atoms with Gasteiger partial charge in [0.2, 0.25) is 6.79 Å². The van der Waals surface area contributed by atoms with Crippen LogP contribution in [0.4, 0.5) is 0 Å². The Kier molecular flexibility index (Phi) is 3.16. The van der Waals surface area contributed by atoms with E-state index in [1.54, 1.807) is 35.7 Å². The van der Waals surface area contributed by atoms with Gasteiger partial charge in [0, 0.05) is 5.56 Å². The normalized spacial score (nSPS) is 12.8. The van der Waals surface area contributed by atoms with E-state index in [9.17, 15) is 4.79 Å². The molecule has 1 aromatic heterocycles. The second-order valence-electron chi connectivity index (χ2n) is 3.70. The topological polar surface area (TPSA) is 57.1 Å². The predicted molar refractivity (Wildman–Crippen MR) is 69.9 cm³/mol. The summed E-state index contributed by atoms with van der Waals surface area (Å²) in [6.07, 6.45) is 1.45. The van der Waals surface area contributed by atoms with Crippen LogP contribution >= 0.6 is 11.3 Å². The number of nitrogens with zero attached hydrogens (tertiary/aromatic N) is 1. The molecule has 0 bridgehead atoms. The zero-order chi connectivity index (χ0) is 13.1. The zero-order valence-electron chi connectivity index (χ0n) is 9.74. The predicted octanol–water partition coefficient (Wildman–Crippen LogP) is 2.67. The van der Waals surface area contributed by atoms with E-state index in [1.165, 1.54) is 17.6 Å². The van der Waals surface area contributed by atoms with Crippen LogP contribution in [0.15, 0.2) is 40.9 Å². The molecule has 0 radical (unpaired) electrons. The van der Waals surface area contributed by atoms with Crippen LogP contribution in [0.1, 0.15) is 15.2 Å². The summed E-state index contributed by atoms with van der Waals surface area (Å²) in [7, 11) is 0. The third-order valence-corrected chi connectivity index (χ3v) is 3.31. The Morgan fingerprint density at radius 1 is 1.32 bits per heavy atom. The van der Waals surface area contributed by atoms with Crippen LogP contribution in [0.5, 0.6) is 11.5 Å². The standard InChI is InChI=1S/C13H9NO4S/c15-13(12-2-1-5-19-12)18-14-7-9-3-4-10-11(6-9)17-8-16-10/h1-7H,8H2. The van der Waals surface area contributed by atoms with Crippen LogP contribution in [-0.2, 0) is 4.84 Å². The smallest absolute Gasteiger partial charge is 0.375 e. The highest BCUT2D eigenvalue weighted by Gasteiger charge is 2.12. The van der Waals surface area contributed by atoms with Gasteiger partial charge in [0.1, 0.15) is 4.88 Å². The first-order valence-electron chi connectivity index (χ1n) is 5.51. The van der Waals surface area contributed by atoms with Crippen molar-refractivity contribution in [2.75, 3.05) is 6.79 Å². The molecule has 96 valence electrons. The number of hydrogen-bond acceptors (Lipinski definition) is 6. The second-order valence-corrected chi connectivity index (χ2v) is 4.65. The van der Waals surface area contributed by atoms with Crippen LogP contribution < -0.4 is 9.47 Å². The van der Waals surface area contributed by atoms with Crippen molar-refractivity contribution >= 4 is 23.5 Å². The quantitative estimate of drug-likeness (QED) is 0.491. The van der Waals surface area contributed by atoms with E-state index in [2.05, 4.69) is 5.16 Å². The zero-order valence-corrected chi connectivity index (χ0v) is 10.6. The van der Waals surface area contributed by atoms with E-state index in [0.717, 1.165) is 5.56 Å². The van der Waals surface area contributed by atoms with Gasteiger partial charge in [0.15, 0.2) is 11.5 Å². The van der Waals surface area contributed by atoms with Gasteiger partial charge in [0.25, 0.3) is 0 Å². The van der Waals surface area contributed by atoms with Crippen molar-refractivity contribution in [1.29, 1.82) is 0 Å². The molecule has 0 saturated carbocycles. The maximum atomic E-state index is 11.5. The molecule has 0 spiro atoms. The molecule has 19 heavy (non-hydrogen) atoms. The summed E-state index contributed by atoms with van der Waals surface area (Å²) in [5.41, 5.74) is 0.767. The lowest BCUT2D eigenvalue weighted by atomic mass is 10.2. The number of benzene rings is 1. The molecule has 2 aromatic rings. The average Bonchev–Trinajstić information content (AvgIpc) is 3.09. The minimum absolute atomic E-state index is 0.225. The van der Waals surface area contributed by atoms with Gasteiger partial charge in [-0.2, -0.15) is 0 Å². The van der Waals surface area contributed by atoms with Crippen molar-refractivity contribution in [3.8, 4) is 11.5 Å². The highest BCUT2D eigenvalue weighted by Crippen LogP contribution is 2.31. The molecule has 1 aliphatic rings. The Morgan fingerprint density at radius 2 is 2.21 bits per heavy atom. The molecule has 0 amide bonds. The van der Waals surface area contributed by atoms with Crippen LogP contribution in [0, 0.1) is 0 Å². The summed E-state index contributed by atoms with van der Waals surface area (Å²) in [4.78, 5) is 16.8. The van der Waals surface area contributed by atoms with Gasteiger partial charge >= 0.3 is 5.97 Å². The molecule has 0 fully saturated rings. The maximum Gasteiger partial charge on any atom is 0.375 e. The van der Waals surface area contributed by atoms with Gasteiger partial charge in [-0.3, -0.25) is 0 Å². The highest BCUT2D eigenvalue weighted by molar-refractivity contribution is 7.11. The number of carbonyl (C=O) groups excluding carboxylic acids is 1. The summed E-state index contributed by atoms with van der Waals surface area (Å²) >= 11 is 1.31. The molecule has 0 saturated heterocycles. The van der Waals surface area contributed by atoms with Crippen LogP contribution in [0.2, 0.25) is 0 Å². The molecule has 5 nitrogen and oxygen atoms in total. The maximum absolute atomic E-state index is 11.5. The lowest BCUT2D eigenvalue weighted by Gasteiger charge is -1.97. The third kappa shape index (κ3) is 2.58. The van der Waals surface area contributed by atoms with Gasteiger partial charge in [-0.15, -0.1) is 11.3 Å². The number of thiophene rings is 1. The lowest BCUT2D eigenvalue weighted by Crippen LogP contribution is -1.97. The summed E-state index contributed by atoms with van der Waals surface area (Å²) in [5, 5.41) is 5.46. The van der Waals surface area contributed by atoms with Gasteiger partial charge < -0.3 is 14.3 Å². The fourth-order valence-electron chi connectivity index (χ4n) is 1.57. The monoisotopic (exact) mass is 275 g/mol. The molecule has 0 aliphatic carbocycles. The van der Waals surface area contributed by atoms with Crippen molar-refractivity contribution in [2.45, 2.75) is 0 Å². The Hall–Kier alpha value is -2.34. The van der Waals surface area contributed by atoms with Crippen LogP contribution in [-0.4, -0.2) is 19.0 Å². The van der Waals surface area contributed by atoms with Crippen molar-refractivity contribution in [2.24, 2.45) is 5.16 Å². The van der Waals surface area contributed by atoms with Gasteiger partial charge in [-0.25, -0.2) is 4.79 Å². The third-order valence-electron chi connectivity index (χ3n) is 2.46. The number of hydrogen-bond donors (Lipinski definition) is 0. The second kappa shape index (κ2) is 5.11. The van der Waals surface area contributed by atoms with E-state index in [1.807, 2.05) is 0 Å². The molecule has 1 aliphatic heterocycles. The van der Waals surface area contributed by atoms with Crippen LogP contribution in [0.25, 0.3) is 0 Å². The number of fused-ring (bicyclic) bond motifs is 1. The number of carbonyl (C=O) groups is 1. The highest BCUT2D eigenvalue weighted by atomic mass is 32.1. The Labute approximate surface area is 113 Å². The van der Waals surface area contributed by atoms with Crippen molar-refractivity contribution in [3.63, 3.8) is 0 Å². The molecule has 6 heteroatoms. The fourth-order valence-corrected chi connectivity index (χ4v) is 2.16. The molecule has 1 aromatic carbocycles. The minimum atomic E-state index is -0.466. The SMILES string of the molecule is O=C(ON=Cc1ccc2c(c1)OCO2)c1cccs1. The fraction of sp³-hybridized carbons (Fsp3) is 0.0769. The van der Waals surface area contributed by atoms with E-state index >= 15 is 0 Å². The van der Waals surface area contributed by atoms with E-state index < -0.39 is 5.97 Å². The van der Waals surface area contributed by atoms with E-state index in [-0.39, 0.29) is 6.79 Å². The lowest BCUT2D eigenvalue weighted by molar-refractivity contribution is 0.0525.